The SMILES string of the molecule is CCCOc1cc(N)cc(NCC2CCC(O)CC2)c1. The molecule has 20 heavy (non-hydrogen) atoms. The molecule has 1 aliphatic rings. The van der Waals surface area contributed by atoms with E-state index in [0.717, 1.165) is 55.8 Å². The summed E-state index contributed by atoms with van der Waals surface area (Å²) in [5, 5.41) is 13.0. The second-order valence-electron chi connectivity index (χ2n) is 5.69. The molecule has 1 aliphatic carbocycles. The smallest absolute Gasteiger partial charge is 0.123 e. The van der Waals surface area contributed by atoms with Crippen LogP contribution in [-0.2, 0) is 0 Å². The van der Waals surface area contributed by atoms with Gasteiger partial charge in [0.05, 0.1) is 12.7 Å². The van der Waals surface area contributed by atoms with Crippen LogP contribution in [0, 0.1) is 5.92 Å². The zero-order valence-corrected chi connectivity index (χ0v) is 12.3. The van der Waals surface area contributed by atoms with Gasteiger partial charge in [-0.15, -0.1) is 0 Å². The summed E-state index contributed by atoms with van der Waals surface area (Å²) in [6, 6.07) is 5.80. The van der Waals surface area contributed by atoms with Crippen molar-refractivity contribution in [1.29, 1.82) is 0 Å². The van der Waals surface area contributed by atoms with E-state index < -0.39 is 0 Å². The first-order valence-electron chi connectivity index (χ1n) is 7.62. The number of hydrogen-bond donors (Lipinski definition) is 3. The first-order valence-corrected chi connectivity index (χ1v) is 7.62. The molecule has 4 heteroatoms. The minimum Gasteiger partial charge on any atom is -0.493 e. The standard InChI is InChI=1S/C16H26N2O2/c1-2-7-20-16-9-13(17)8-14(10-16)18-11-12-3-5-15(19)6-4-12/h8-10,12,15,18-19H,2-7,11,17H2,1H3. The van der Waals surface area contributed by atoms with Gasteiger partial charge in [-0.05, 0) is 44.1 Å². The van der Waals surface area contributed by atoms with Gasteiger partial charge >= 0.3 is 0 Å². The first kappa shape index (κ1) is 15.0. The number of rotatable bonds is 6. The van der Waals surface area contributed by atoms with Crippen molar-refractivity contribution in [3.63, 3.8) is 0 Å². The van der Waals surface area contributed by atoms with E-state index in [9.17, 15) is 5.11 Å². The molecule has 0 heterocycles. The summed E-state index contributed by atoms with van der Waals surface area (Å²) in [5.74, 6) is 1.47. The van der Waals surface area contributed by atoms with Gasteiger partial charge in [0, 0.05) is 30.1 Å². The van der Waals surface area contributed by atoms with Crippen LogP contribution in [-0.4, -0.2) is 24.4 Å². The van der Waals surface area contributed by atoms with Gasteiger partial charge < -0.3 is 20.9 Å². The lowest BCUT2D eigenvalue weighted by atomic mass is 9.87. The van der Waals surface area contributed by atoms with Crippen LogP contribution in [0.15, 0.2) is 18.2 Å². The molecule has 1 aromatic carbocycles. The Labute approximate surface area is 121 Å². The molecule has 1 saturated carbocycles. The Morgan fingerprint density at radius 1 is 1.25 bits per heavy atom. The Bertz CT molecular complexity index is 415. The van der Waals surface area contributed by atoms with E-state index in [1.165, 1.54) is 0 Å². The second-order valence-corrected chi connectivity index (χ2v) is 5.69. The van der Waals surface area contributed by atoms with Crippen molar-refractivity contribution < 1.29 is 9.84 Å². The van der Waals surface area contributed by atoms with E-state index in [1.54, 1.807) is 0 Å². The average Bonchev–Trinajstić information content (AvgIpc) is 2.44. The van der Waals surface area contributed by atoms with Crippen LogP contribution in [0.2, 0.25) is 0 Å². The average molecular weight is 278 g/mol. The highest BCUT2D eigenvalue weighted by Gasteiger charge is 2.18. The van der Waals surface area contributed by atoms with Crippen LogP contribution < -0.4 is 15.8 Å². The number of anilines is 2. The van der Waals surface area contributed by atoms with Gasteiger partial charge in [-0.1, -0.05) is 6.92 Å². The van der Waals surface area contributed by atoms with E-state index in [4.69, 9.17) is 10.5 Å². The molecule has 0 radical (unpaired) electrons. The van der Waals surface area contributed by atoms with Crippen molar-refractivity contribution in [2.75, 3.05) is 24.2 Å². The molecule has 0 bridgehead atoms. The van der Waals surface area contributed by atoms with Crippen LogP contribution in [0.1, 0.15) is 39.0 Å². The number of hydrogen-bond acceptors (Lipinski definition) is 4. The van der Waals surface area contributed by atoms with Crippen molar-refractivity contribution in [3.8, 4) is 5.75 Å². The van der Waals surface area contributed by atoms with Gasteiger partial charge in [0.1, 0.15) is 5.75 Å². The van der Waals surface area contributed by atoms with Crippen molar-refractivity contribution in [1.82, 2.24) is 0 Å². The third kappa shape index (κ3) is 4.60. The molecule has 0 saturated heterocycles. The van der Waals surface area contributed by atoms with E-state index >= 15 is 0 Å². The molecule has 112 valence electrons. The molecule has 1 aromatic rings. The summed E-state index contributed by atoms with van der Waals surface area (Å²) >= 11 is 0. The molecule has 0 amide bonds. The summed E-state index contributed by atoms with van der Waals surface area (Å²) < 4.78 is 5.63. The van der Waals surface area contributed by atoms with Crippen LogP contribution in [0.25, 0.3) is 0 Å². The van der Waals surface area contributed by atoms with Gasteiger partial charge in [-0.3, -0.25) is 0 Å². The maximum atomic E-state index is 9.51. The molecule has 0 unspecified atom stereocenters. The Balaban J connectivity index is 1.87. The molecular weight excluding hydrogens is 252 g/mol. The fourth-order valence-corrected chi connectivity index (χ4v) is 2.64. The third-order valence-corrected chi connectivity index (χ3v) is 3.81. The Kier molecular flexibility index (Phi) is 5.53. The molecule has 0 aromatic heterocycles. The van der Waals surface area contributed by atoms with E-state index in [2.05, 4.69) is 12.2 Å². The summed E-state index contributed by atoms with van der Waals surface area (Å²) in [4.78, 5) is 0. The van der Waals surface area contributed by atoms with Gasteiger partial charge in [0.25, 0.3) is 0 Å². The van der Waals surface area contributed by atoms with Crippen LogP contribution in [0.3, 0.4) is 0 Å². The lowest BCUT2D eigenvalue weighted by Crippen LogP contribution is -2.23. The largest absolute Gasteiger partial charge is 0.493 e. The van der Waals surface area contributed by atoms with E-state index in [1.807, 2.05) is 18.2 Å². The van der Waals surface area contributed by atoms with E-state index in [-0.39, 0.29) is 6.10 Å². The molecule has 1 fully saturated rings. The highest BCUT2D eigenvalue weighted by atomic mass is 16.5. The predicted molar refractivity (Wildman–Crippen MR) is 83.1 cm³/mol. The number of nitrogens with one attached hydrogen (secondary N) is 1. The zero-order valence-electron chi connectivity index (χ0n) is 12.3. The Morgan fingerprint density at radius 3 is 2.70 bits per heavy atom. The highest BCUT2D eigenvalue weighted by Crippen LogP contribution is 2.26. The van der Waals surface area contributed by atoms with Crippen LogP contribution in [0.4, 0.5) is 11.4 Å². The fourth-order valence-electron chi connectivity index (χ4n) is 2.64. The van der Waals surface area contributed by atoms with Gasteiger partial charge in [0.15, 0.2) is 0 Å². The Morgan fingerprint density at radius 2 is 2.00 bits per heavy atom. The van der Waals surface area contributed by atoms with Crippen molar-refractivity contribution >= 4 is 11.4 Å². The minimum atomic E-state index is -0.0901. The maximum absolute atomic E-state index is 9.51. The van der Waals surface area contributed by atoms with Gasteiger partial charge in [-0.2, -0.15) is 0 Å². The molecule has 4 N–H and O–H groups in total. The first-order chi connectivity index (χ1) is 9.67. The number of ether oxygens (including phenoxy) is 1. The number of nitrogens with two attached hydrogens (primary N) is 1. The van der Waals surface area contributed by atoms with Gasteiger partial charge in [-0.25, -0.2) is 0 Å². The van der Waals surface area contributed by atoms with Crippen molar-refractivity contribution in [2.45, 2.75) is 45.1 Å². The summed E-state index contributed by atoms with van der Waals surface area (Å²) in [7, 11) is 0. The van der Waals surface area contributed by atoms with Crippen LogP contribution in [0.5, 0.6) is 5.75 Å². The topological polar surface area (TPSA) is 67.5 Å². The number of aliphatic hydroxyl groups is 1. The lowest BCUT2D eigenvalue weighted by molar-refractivity contribution is 0.111. The summed E-state index contributed by atoms with van der Waals surface area (Å²) in [6.07, 6.45) is 4.93. The lowest BCUT2D eigenvalue weighted by Gasteiger charge is -2.26. The molecule has 0 aliphatic heterocycles. The van der Waals surface area contributed by atoms with Crippen molar-refractivity contribution in [2.24, 2.45) is 5.92 Å². The maximum Gasteiger partial charge on any atom is 0.123 e. The van der Waals surface area contributed by atoms with Crippen LogP contribution >= 0.6 is 0 Å². The number of nitrogen functional groups attached to an aromatic ring is 1. The number of benzene rings is 1. The Hall–Kier alpha value is -1.42. The molecule has 2 rings (SSSR count). The summed E-state index contributed by atoms with van der Waals surface area (Å²) in [5.41, 5.74) is 7.64. The number of aliphatic hydroxyl groups excluding tert-OH is 1. The monoisotopic (exact) mass is 278 g/mol. The second kappa shape index (κ2) is 7.39. The summed E-state index contributed by atoms with van der Waals surface area (Å²) in [6.45, 7) is 3.73. The highest BCUT2D eigenvalue weighted by molar-refractivity contribution is 5.59. The van der Waals surface area contributed by atoms with Gasteiger partial charge in [0.2, 0.25) is 0 Å². The minimum absolute atomic E-state index is 0.0901. The fraction of sp³-hybridized carbons (Fsp3) is 0.625. The zero-order chi connectivity index (χ0) is 14.4. The normalized spacial score (nSPS) is 22.5. The van der Waals surface area contributed by atoms with Crippen molar-refractivity contribution in [3.05, 3.63) is 18.2 Å². The molecular formula is C16H26N2O2. The predicted octanol–water partition coefficient (Wildman–Crippen LogP) is 3.02. The molecule has 4 nitrogen and oxygen atoms in total. The third-order valence-electron chi connectivity index (χ3n) is 3.81. The molecule has 0 spiro atoms. The molecule has 0 atom stereocenters. The quantitative estimate of drug-likeness (QED) is 0.700. The van der Waals surface area contributed by atoms with E-state index in [0.29, 0.717) is 12.5 Å².